The van der Waals surface area contributed by atoms with Crippen LogP contribution in [0.5, 0.6) is 5.88 Å². The van der Waals surface area contributed by atoms with Gasteiger partial charge in [-0.3, -0.25) is 0 Å². The van der Waals surface area contributed by atoms with Crippen molar-refractivity contribution in [1.29, 1.82) is 0 Å². The average molecular weight is 248 g/mol. The smallest absolute Gasteiger partial charge is 0.213 e. The molecule has 1 aromatic rings. The number of pyridine rings is 1. The van der Waals surface area contributed by atoms with Crippen LogP contribution in [0.4, 0.5) is 0 Å². The van der Waals surface area contributed by atoms with Gasteiger partial charge in [0.25, 0.3) is 0 Å². The zero-order valence-corrected chi connectivity index (χ0v) is 11.5. The molecule has 0 saturated heterocycles. The van der Waals surface area contributed by atoms with Crippen LogP contribution in [0, 0.1) is 5.92 Å². The molecule has 0 atom stereocenters. The Morgan fingerprint density at radius 2 is 2.22 bits per heavy atom. The van der Waals surface area contributed by atoms with E-state index in [1.165, 1.54) is 24.8 Å². The van der Waals surface area contributed by atoms with E-state index in [2.05, 4.69) is 29.4 Å². The van der Waals surface area contributed by atoms with Crippen LogP contribution in [0.2, 0.25) is 0 Å². The highest BCUT2D eigenvalue weighted by Gasteiger charge is 2.20. The van der Waals surface area contributed by atoms with Gasteiger partial charge in [-0.1, -0.05) is 26.2 Å². The fourth-order valence-electron chi connectivity index (χ4n) is 2.12. The summed E-state index contributed by atoms with van der Waals surface area (Å²) in [4.78, 5) is 4.57. The fourth-order valence-corrected chi connectivity index (χ4v) is 2.12. The molecule has 1 aromatic heterocycles. The molecule has 1 N–H and O–H groups in total. The van der Waals surface area contributed by atoms with E-state index in [4.69, 9.17) is 4.74 Å². The molecule has 3 nitrogen and oxygen atoms in total. The SMILES string of the molecule is CCCc1cc(CNC)cc(OCCC2CC2)n1. The topological polar surface area (TPSA) is 34.1 Å². The average Bonchev–Trinajstić information content (AvgIpc) is 3.14. The van der Waals surface area contributed by atoms with Crippen molar-refractivity contribution < 1.29 is 4.74 Å². The van der Waals surface area contributed by atoms with Gasteiger partial charge in [-0.2, -0.15) is 0 Å². The second-order valence-corrected chi connectivity index (χ2v) is 5.17. The molecule has 2 rings (SSSR count). The van der Waals surface area contributed by atoms with E-state index in [1.807, 2.05) is 7.05 Å². The van der Waals surface area contributed by atoms with Crippen LogP contribution in [-0.2, 0) is 13.0 Å². The number of hydrogen-bond donors (Lipinski definition) is 1. The predicted octanol–water partition coefficient (Wildman–Crippen LogP) is 2.93. The molecule has 0 radical (unpaired) electrons. The first-order chi connectivity index (χ1) is 8.81. The zero-order chi connectivity index (χ0) is 12.8. The Bertz CT molecular complexity index is 351. The van der Waals surface area contributed by atoms with Crippen LogP contribution in [0.25, 0.3) is 0 Å². The Labute approximate surface area is 110 Å². The molecule has 18 heavy (non-hydrogen) atoms. The third-order valence-electron chi connectivity index (χ3n) is 3.27. The highest BCUT2D eigenvalue weighted by molar-refractivity contribution is 5.25. The number of nitrogens with one attached hydrogen (secondary N) is 1. The van der Waals surface area contributed by atoms with E-state index in [9.17, 15) is 0 Å². The molecule has 0 aromatic carbocycles. The summed E-state index contributed by atoms with van der Waals surface area (Å²) in [5.41, 5.74) is 2.41. The fraction of sp³-hybridized carbons (Fsp3) is 0.667. The minimum Gasteiger partial charge on any atom is -0.478 e. The summed E-state index contributed by atoms with van der Waals surface area (Å²) in [5.74, 6) is 1.72. The van der Waals surface area contributed by atoms with Gasteiger partial charge in [-0.25, -0.2) is 4.98 Å². The Morgan fingerprint density at radius 1 is 1.39 bits per heavy atom. The van der Waals surface area contributed by atoms with Gasteiger partial charge in [0, 0.05) is 18.3 Å². The van der Waals surface area contributed by atoms with Gasteiger partial charge in [-0.15, -0.1) is 0 Å². The van der Waals surface area contributed by atoms with Crippen molar-refractivity contribution in [2.45, 2.75) is 45.6 Å². The molecule has 0 spiro atoms. The zero-order valence-electron chi connectivity index (χ0n) is 11.5. The van der Waals surface area contributed by atoms with E-state index in [1.54, 1.807) is 0 Å². The van der Waals surface area contributed by atoms with E-state index >= 15 is 0 Å². The molecule has 1 heterocycles. The van der Waals surface area contributed by atoms with E-state index in [0.717, 1.165) is 43.5 Å². The summed E-state index contributed by atoms with van der Waals surface area (Å²) in [7, 11) is 1.97. The molecule has 100 valence electrons. The highest BCUT2D eigenvalue weighted by atomic mass is 16.5. The van der Waals surface area contributed by atoms with Crippen molar-refractivity contribution in [2.24, 2.45) is 5.92 Å². The summed E-state index contributed by atoms with van der Waals surface area (Å²) in [6.45, 7) is 3.87. The maximum Gasteiger partial charge on any atom is 0.213 e. The lowest BCUT2D eigenvalue weighted by molar-refractivity contribution is 0.290. The van der Waals surface area contributed by atoms with E-state index in [0.29, 0.717) is 0 Å². The number of aromatic nitrogens is 1. The third kappa shape index (κ3) is 4.30. The monoisotopic (exact) mass is 248 g/mol. The van der Waals surface area contributed by atoms with Gasteiger partial charge < -0.3 is 10.1 Å². The quantitative estimate of drug-likeness (QED) is 0.768. The Kier molecular flexibility index (Phi) is 5.00. The molecule has 0 bridgehead atoms. The van der Waals surface area contributed by atoms with Crippen LogP contribution in [-0.4, -0.2) is 18.6 Å². The van der Waals surface area contributed by atoms with Gasteiger partial charge in [0.15, 0.2) is 0 Å². The van der Waals surface area contributed by atoms with Gasteiger partial charge in [-0.05, 0) is 37.4 Å². The summed E-state index contributed by atoms with van der Waals surface area (Å²) in [6.07, 6.45) is 6.10. The van der Waals surface area contributed by atoms with Crippen LogP contribution in [0.3, 0.4) is 0 Å². The lowest BCUT2D eigenvalue weighted by Gasteiger charge is -2.09. The molecule has 0 unspecified atom stereocenters. The number of rotatable bonds is 8. The Balaban J connectivity index is 1.96. The second-order valence-electron chi connectivity index (χ2n) is 5.17. The number of hydrogen-bond acceptors (Lipinski definition) is 3. The Morgan fingerprint density at radius 3 is 2.89 bits per heavy atom. The molecular weight excluding hydrogens is 224 g/mol. The Hall–Kier alpha value is -1.09. The van der Waals surface area contributed by atoms with Crippen molar-refractivity contribution in [1.82, 2.24) is 10.3 Å². The maximum atomic E-state index is 5.79. The predicted molar refractivity (Wildman–Crippen MR) is 73.8 cm³/mol. The first kappa shape index (κ1) is 13.3. The lowest BCUT2D eigenvalue weighted by Crippen LogP contribution is -2.08. The van der Waals surface area contributed by atoms with Crippen LogP contribution in [0.15, 0.2) is 12.1 Å². The van der Waals surface area contributed by atoms with E-state index in [-0.39, 0.29) is 0 Å². The standard InChI is InChI=1S/C15H24N2O/c1-3-4-14-9-13(11-16-2)10-15(17-14)18-8-7-12-5-6-12/h9-10,12,16H,3-8,11H2,1-2H3. The van der Waals surface area contributed by atoms with Crippen molar-refractivity contribution in [3.05, 3.63) is 23.4 Å². The van der Waals surface area contributed by atoms with Gasteiger partial charge >= 0.3 is 0 Å². The van der Waals surface area contributed by atoms with Crippen LogP contribution in [0.1, 0.15) is 43.9 Å². The van der Waals surface area contributed by atoms with Gasteiger partial charge in [0.2, 0.25) is 5.88 Å². The lowest BCUT2D eigenvalue weighted by atomic mass is 10.1. The molecule has 1 aliphatic rings. The minimum absolute atomic E-state index is 0.798. The summed E-state index contributed by atoms with van der Waals surface area (Å²) in [5, 5.41) is 3.18. The van der Waals surface area contributed by atoms with Gasteiger partial charge in [0.05, 0.1) is 6.61 Å². The molecular formula is C15H24N2O. The first-order valence-corrected chi connectivity index (χ1v) is 7.09. The summed E-state index contributed by atoms with van der Waals surface area (Å²) in [6, 6.07) is 4.23. The molecule has 1 fully saturated rings. The minimum atomic E-state index is 0.798. The number of ether oxygens (including phenoxy) is 1. The molecule has 0 amide bonds. The van der Waals surface area contributed by atoms with Crippen molar-refractivity contribution in [3.8, 4) is 5.88 Å². The molecule has 1 aliphatic carbocycles. The first-order valence-electron chi connectivity index (χ1n) is 7.09. The maximum absolute atomic E-state index is 5.79. The normalized spacial score (nSPS) is 14.8. The van der Waals surface area contributed by atoms with Crippen LogP contribution >= 0.6 is 0 Å². The van der Waals surface area contributed by atoms with Crippen molar-refractivity contribution in [2.75, 3.05) is 13.7 Å². The summed E-state index contributed by atoms with van der Waals surface area (Å²) < 4.78 is 5.79. The van der Waals surface area contributed by atoms with Crippen molar-refractivity contribution >= 4 is 0 Å². The molecule has 3 heteroatoms. The number of nitrogens with zero attached hydrogens (tertiary/aromatic N) is 1. The third-order valence-corrected chi connectivity index (χ3v) is 3.27. The van der Waals surface area contributed by atoms with Gasteiger partial charge in [0.1, 0.15) is 0 Å². The molecule has 0 aliphatic heterocycles. The summed E-state index contributed by atoms with van der Waals surface area (Å²) >= 11 is 0. The van der Waals surface area contributed by atoms with Crippen LogP contribution < -0.4 is 10.1 Å². The van der Waals surface area contributed by atoms with E-state index < -0.39 is 0 Å². The largest absolute Gasteiger partial charge is 0.478 e. The van der Waals surface area contributed by atoms with Crippen molar-refractivity contribution in [3.63, 3.8) is 0 Å². The molecule has 1 saturated carbocycles. The number of aryl methyl sites for hydroxylation is 1. The highest BCUT2D eigenvalue weighted by Crippen LogP contribution is 2.32. The second kappa shape index (κ2) is 6.74.